The lowest BCUT2D eigenvalue weighted by Crippen LogP contribution is -2.10. The van der Waals surface area contributed by atoms with Crippen LogP contribution >= 0.6 is 0 Å². The summed E-state index contributed by atoms with van der Waals surface area (Å²) < 4.78 is 15.4. The maximum Gasteiger partial charge on any atom is 0.306 e. The smallest absolute Gasteiger partial charge is 0.306 e. The standard InChI is InChI=1S/C17H16O5/c1-20-17(19)8-12(11-5-3-2-4-6-11)13-7-15-16(9-14(13)18)22-10-21-15/h2-7,9,12,18H,8,10H2,1H3/t12-/m0/s1. The third-order valence-electron chi connectivity index (χ3n) is 3.70. The van der Waals surface area contributed by atoms with Crippen molar-refractivity contribution in [2.24, 2.45) is 0 Å². The van der Waals surface area contributed by atoms with Crippen molar-refractivity contribution in [3.8, 4) is 17.2 Å². The molecule has 1 N–H and O–H groups in total. The Balaban J connectivity index is 2.04. The third-order valence-corrected chi connectivity index (χ3v) is 3.70. The minimum absolute atomic E-state index is 0.0713. The van der Waals surface area contributed by atoms with Crippen LogP contribution in [0.2, 0.25) is 0 Å². The van der Waals surface area contributed by atoms with Gasteiger partial charge in [0.25, 0.3) is 0 Å². The summed E-state index contributed by atoms with van der Waals surface area (Å²) in [6.07, 6.45) is 0.133. The summed E-state index contributed by atoms with van der Waals surface area (Å²) in [5, 5.41) is 10.3. The number of rotatable bonds is 4. The average molecular weight is 300 g/mol. The summed E-state index contributed by atoms with van der Waals surface area (Å²) in [7, 11) is 1.35. The lowest BCUT2D eigenvalue weighted by atomic mass is 9.87. The van der Waals surface area contributed by atoms with E-state index >= 15 is 0 Å². The van der Waals surface area contributed by atoms with Crippen LogP contribution in [0.15, 0.2) is 42.5 Å². The van der Waals surface area contributed by atoms with E-state index in [2.05, 4.69) is 0 Å². The number of ether oxygens (including phenoxy) is 3. The maximum atomic E-state index is 11.8. The molecule has 5 heteroatoms. The van der Waals surface area contributed by atoms with Crippen LogP contribution in [-0.2, 0) is 9.53 Å². The van der Waals surface area contributed by atoms with Crippen LogP contribution in [0.4, 0.5) is 0 Å². The van der Waals surface area contributed by atoms with Crippen LogP contribution < -0.4 is 9.47 Å². The highest BCUT2D eigenvalue weighted by Gasteiger charge is 2.25. The summed E-state index contributed by atoms with van der Waals surface area (Å²) >= 11 is 0. The van der Waals surface area contributed by atoms with Gasteiger partial charge in [0.05, 0.1) is 13.5 Å². The molecule has 1 heterocycles. The number of esters is 1. The van der Waals surface area contributed by atoms with Gasteiger partial charge in [0.2, 0.25) is 6.79 Å². The van der Waals surface area contributed by atoms with Gasteiger partial charge in [0.1, 0.15) is 5.75 Å². The molecule has 0 saturated heterocycles. The lowest BCUT2D eigenvalue weighted by molar-refractivity contribution is -0.140. The number of methoxy groups -OCH3 is 1. The van der Waals surface area contributed by atoms with Crippen molar-refractivity contribution < 1.29 is 24.1 Å². The molecular formula is C17H16O5. The average Bonchev–Trinajstić information content (AvgIpc) is 2.99. The van der Waals surface area contributed by atoms with Crippen LogP contribution in [-0.4, -0.2) is 25.0 Å². The highest BCUT2D eigenvalue weighted by atomic mass is 16.7. The van der Waals surface area contributed by atoms with Gasteiger partial charge in [-0.05, 0) is 11.6 Å². The molecule has 0 amide bonds. The zero-order chi connectivity index (χ0) is 15.5. The molecule has 0 aromatic heterocycles. The maximum absolute atomic E-state index is 11.8. The van der Waals surface area contributed by atoms with E-state index < -0.39 is 0 Å². The molecule has 1 aliphatic rings. The number of phenols is 1. The van der Waals surface area contributed by atoms with E-state index in [0.717, 1.165) is 5.56 Å². The van der Waals surface area contributed by atoms with Crippen LogP contribution in [0.25, 0.3) is 0 Å². The molecule has 0 bridgehead atoms. The minimum Gasteiger partial charge on any atom is -0.508 e. The first-order valence-electron chi connectivity index (χ1n) is 6.93. The number of fused-ring (bicyclic) bond motifs is 1. The molecule has 0 spiro atoms. The van der Waals surface area contributed by atoms with Crippen LogP contribution in [0.3, 0.4) is 0 Å². The van der Waals surface area contributed by atoms with Gasteiger partial charge in [-0.2, -0.15) is 0 Å². The number of carbonyl (C=O) groups excluding carboxylic acids is 1. The second-order valence-electron chi connectivity index (χ2n) is 5.01. The van der Waals surface area contributed by atoms with Crippen LogP contribution in [0.5, 0.6) is 17.2 Å². The lowest BCUT2D eigenvalue weighted by Gasteiger charge is -2.18. The van der Waals surface area contributed by atoms with E-state index in [1.54, 1.807) is 6.07 Å². The Bertz CT molecular complexity index is 681. The van der Waals surface area contributed by atoms with Gasteiger partial charge in [-0.1, -0.05) is 30.3 Å². The molecule has 0 fully saturated rings. The molecule has 0 unspecified atom stereocenters. The number of benzene rings is 2. The predicted octanol–water partition coefficient (Wildman–Crippen LogP) is 2.82. The van der Waals surface area contributed by atoms with Crippen LogP contribution in [0, 0.1) is 0 Å². The Labute approximate surface area is 128 Å². The van der Waals surface area contributed by atoms with Crippen molar-refractivity contribution in [2.45, 2.75) is 12.3 Å². The number of aromatic hydroxyl groups is 1. The monoisotopic (exact) mass is 300 g/mol. The molecule has 114 valence electrons. The van der Waals surface area contributed by atoms with E-state index in [9.17, 15) is 9.90 Å². The van der Waals surface area contributed by atoms with Crippen molar-refractivity contribution in [1.82, 2.24) is 0 Å². The fraction of sp³-hybridized carbons (Fsp3) is 0.235. The summed E-state index contributed by atoms with van der Waals surface area (Å²) in [4.78, 5) is 11.8. The number of phenolic OH excluding ortho intramolecular Hbond substituents is 1. The normalized spacial score (nSPS) is 13.7. The van der Waals surface area contributed by atoms with Gasteiger partial charge in [0, 0.05) is 17.5 Å². The summed E-state index contributed by atoms with van der Waals surface area (Å²) in [6.45, 7) is 0.130. The molecular weight excluding hydrogens is 284 g/mol. The van der Waals surface area contributed by atoms with Gasteiger partial charge in [0.15, 0.2) is 11.5 Å². The summed E-state index contributed by atoms with van der Waals surface area (Å²) in [5.74, 6) is 0.487. The van der Waals surface area contributed by atoms with Gasteiger partial charge >= 0.3 is 5.97 Å². The largest absolute Gasteiger partial charge is 0.508 e. The SMILES string of the molecule is COC(=O)C[C@@H](c1ccccc1)c1cc2c(cc1O)OCO2. The second-order valence-corrected chi connectivity index (χ2v) is 5.01. The third kappa shape index (κ3) is 2.70. The van der Waals surface area contributed by atoms with Gasteiger partial charge in [-0.15, -0.1) is 0 Å². The first kappa shape index (κ1) is 14.3. The molecule has 2 aromatic carbocycles. The Morgan fingerprint density at radius 1 is 1.23 bits per heavy atom. The van der Waals surface area contributed by atoms with Gasteiger partial charge in [-0.3, -0.25) is 4.79 Å². The van der Waals surface area contributed by atoms with E-state index in [4.69, 9.17) is 14.2 Å². The number of hydrogen-bond donors (Lipinski definition) is 1. The molecule has 0 saturated carbocycles. The Hall–Kier alpha value is -2.69. The molecule has 1 aliphatic heterocycles. The topological polar surface area (TPSA) is 65.0 Å². The zero-order valence-corrected chi connectivity index (χ0v) is 12.1. The summed E-state index contributed by atoms with van der Waals surface area (Å²) in [5.41, 5.74) is 1.53. The quantitative estimate of drug-likeness (QED) is 0.880. The van der Waals surface area contributed by atoms with Crippen molar-refractivity contribution in [3.05, 3.63) is 53.6 Å². The predicted molar refractivity (Wildman–Crippen MR) is 79.1 cm³/mol. The highest BCUT2D eigenvalue weighted by Crippen LogP contribution is 2.43. The van der Waals surface area contributed by atoms with Crippen LogP contribution in [0.1, 0.15) is 23.5 Å². The zero-order valence-electron chi connectivity index (χ0n) is 12.1. The van der Waals surface area contributed by atoms with E-state index in [-0.39, 0.29) is 30.9 Å². The molecule has 2 aromatic rings. The molecule has 22 heavy (non-hydrogen) atoms. The van der Waals surface area contributed by atoms with Gasteiger partial charge in [-0.25, -0.2) is 0 Å². The Morgan fingerprint density at radius 3 is 2.59 bits per heavy atom. The van der Waals surface area contributed by atoms with Crippen molar-refractivity contribution >= 4 is 5.97 Å². The highest BCUT2D eigenvalue weighted by molar-refractivity contribution is 5.72. The van der Waals surface area contributed by atoms with Gasteiger partial charge < -0.3 is 19.3 Å². The van der Waals surface area contributed by atoms with E-state index in [1.807, 2.05) is 30.3 Å². The van der Waals surface area contributed by atoms with E-state index in [1.165, 1.54) is 13.2 Å². The second kappa shape index (κ2) is 5.97. The Kier molecular flexibility index (Phi) is 3.87. The fourth-order valence-electron chi connectivity index (χ4n) is 2.57. The van der Waals surface area contributed by atoms with Crippen molar-refractivity contribution in [2.75, 3.05) is 13.9 Å². The minimum atomic E-state index is -0.342. The van der Waals surface area contributed by atoms with Crippen molar-refractivity contribution in [3.63, 3.8) is 0 Å². The molecule has 0 radical (unpaired) electrons. The summed E-state index contributed by atoms with van der Waals surface area (Å²) in [6, 6.07) is 12.8. The number of hydrogen-bond acceptors (Lipinski definition) is 5. The molecule has 0 aliphatic carbocycles. The van der Waals surface area contributed by atoms with Crippen molar-refractivity contribution in [1.29, 1.82) is 0 Å². The first-order valence-corrected chi connectivity index (χ1v) is 6.93. The molecule has 3 rings (SSSR count). The molecule has 5 nitrogen and oxygen atoms in total. The van der Waals surface area contributed by atoms with E-state index in [0.29, 0.717) is 17.1 Å². The molecule has 1 atom stereocenters. The Morgan fingerprint density at radius 2 is 1.91 bits per heavy atom. The number of carbonyl (C=O) groups is 1. The first-order chi connectivity index (χ1) is 10.7. The fourth-order valence-corrected chi connectivity index (χ4v) is 2.57.